The Morgan fingerprint density at radius 2 is 1.64 bits per heavy atom. The van der Waals surface area contributed by atoms with Crippen LogP contribution in [-0.4, -0.2) is 51.7 Å². The summed E-state index contributed by atoms with van der Waals surface area (Å²) in [6, 6.07) is 9.75. The lowest BCUT2D eigenvalue weighted by molar-refractivity contribution is -0.137. The van der Waals surface area contributed by atoms with Gasteiger partial charge in [0.15, 0.2) is 9.84 Å². The van der Waals surface area contributed by atoms with E-state index in [1.165, 1.54) is 6.07 Å². The van der Waals surface area contributed by atoms with Gasteiger partial charge in [-0.1, -0.05) is 26.0 Å². The molecule has 10 heteroatoms. The number of carbonyl (C=O) groups excluding carboxylic acids is 1. The number of nitrogens with zero attached hydrogens (tertiary/aromatic N) is 2. The number of anilines is 1. The van der Waals surface area contributed by atoms with Crippen LogP contribution in [0.1, 0.15) is 49.4 Å². The van der Waals surface area contributed by atoms with Crippen molar-refractivity contribution in [1.82, 2.24) is 4.90 Å². The number of hydrogen-bond donors (Lipinski definition) is 1. The first-order valence-corrected chi connectivity index (χ1v) is 13.9. The van der Waals surface area contributed by atoms with E-state index in [0.29, 0.717) is 56.7 Å². The van der Waals surface area contributed by atoms with Gasteiger partial charge in [0.1, 0.15) is 0 Å². The van der Waals surface area contributed by atoms with Crippen LogP contribution in [0.4, 0.5) is 18.9 Å². The summed E-state index contributed by atoms with van der Waals surface area (Å²) in [5.74, 6) is 0.227. The van der Waals surface area contributed by atoms with Crippen molar-refractivity contribution in [3.8, 4) is 0 Å². The van der Waals surface area contributed by atoms with Gasteiger partial charge in [0.2, 0.25) is 5.91 Å². The first-order valence-electron chi connectivity index (χ1n) is 12.0. The maximum atomic E-state index is 13.3. The highest BCUT2D eigenvalue weighted by Gasteiger charge is 2.33. The topological polar surface area (TPSA) is 83.7 Å². The zero-order valence-corrected chi connectivity index (χ0v) is 21.7. The van der Waals surface area contributed by atoms with Gasteiger partial charge in [-0.2, -0.15) is 13.2 Å². The molecule has 6 nitrogen and oxygen atoms in total. The lowest BCUT2D eigenvalue weighted by atomic mass is 9.94. The van der Waals surface area contributed by atoms with Crippen molar-refractivity contribution in [3.63, 3.8) is 0 Å². The van der Waals surface area contributed by atoms with Gasteiger partial charge in [-0.3, -0.25) is 4.79 Å². The first kappa shape index (κ1) is 28.0. The maximum Gasteiger partial charge on any atom is 0.416 e. The number of aryl methyl sites for hydroxylation is 1. The van der Waals surface area contributed by atoms with E-state index in [4.69, 9.17) is 5.73 Å². The minimum Gasteiger partial charge on any atom is -0.368 e. The second-order valence-corrected chi connectivity index (χ2v) is 11.8. The van der Waals surface area contributed by atoms with Crippen LogP contribution in [0, 0.1) is 5.92 Å². The lowest BCUT2D eigenvalue weighted by Crippen LogP contribution is -2.49. The van der Waals surface area contributed by atoms with Crippen molar-refractivity contribution in [1.29, 1.82) is 0 Å². The van der Waals surface area contributed by atoms with Gasteiger partial charge in [-0.05, 0) is 60.2 Å². The number of amides is 1. The molecule has 0 spiro atoms. The molecule has 1 heterocycles. The minimum atomic E-state index is -4.44. The monoisotopic (exact) mass is 525 g/mol. The molecule has 1 saturated heterocycles. The largest absolute Gasteiger partial charge is 0.416 e. The van der Waals surface area contributed by atoms with Gasteiger partial charge in [0, 0.05) is 50.6 Å². The Morgan fingerprint density at radius 3 is 2.17 bits per heavy atom. The predicted molar refractivity (Wildman–Crippen MR) is 134 cm³/mol. The van der Waals surface area contributed by atoms with E-state index in [0.717, 1.165) is 24.0 Å². The minimum absolute atomic E-state index is 0.00834. The Bertz CT molecular complexity index is 1160. The summed E-state index contributed by atoms with van der Waals surface area (Å²) in [5, 5.41) is 0. The quantitative estimate of drug-likeness (QED) is 0.551. The van der Waals surface area contributed by atoms with Crippen molar-refractivity contribution in [2.75, 3.05) is 37.3 Å². The van der Waals surface area contributed by atoms with E-state index >= 15 is 0 Å². The van der Waals surface area contributed by atoms with Gasteiger partial charge in [-0.25, -0.2) is 8.42 Å². The zero-order valence-electron chi connectivity index (χ0n) is 20.9. The Kier molecular flexibility index (Phi) is 8.71. The van der Waals surface area contributed by atoms with E-state index in [9.17, 15) is 26.4 Å². The summed E-state index contributed by atoms with van der Waals surface area (Å²) >= 11 is 0. The van der Waals surface area contributed by atoms with Crippen LogP contribution in [-0.2, 0) is 27.2 Å². The van der Waals surface area contributed by atoms with Crippen molar-refractivity contribution >= 4 is 21.4 Å². The predicted octanol–water partition coefficient (Wildman–Crippen LogP) is 4.44. The van der Waals surface area contributed by atoms with E-state index < -0.39 is 27.6 Å². The highest BCUT2D eigenvalue weighted by molar-refractivity contribution is 7.90. The molecule has 1 fully saturated rings. The molecule has 0 saturated carbocycles. The van der Waals surface area contributed by atoms with Gasteiger partial charge in [0.05, 0.1) is 10.5 Å². The van der Waals surface area contributed by atoms with E-state index in [1.807, 2.05) is 18.7 Å². The molecule has 1 atom stereocenters. The van der Waals surface area contributed by atoms with Gasteiger partial charge < -0.3 is 15.5 Å². The molecule has 3 rings (SSSR count). The normalized spacial score (nSPS) is 15.9. The highest BCUT2D eigenvalue weighted by Crippen LogP contribution is 2.36. The van der Waals surface area contributed by atoms with E-state index in [2.05, 4.69) is 0 Å². The Hall–Kier alpha value is -2.59. The molecule has 2 aromatic carbocycles. The zero-order chi connectivity index (χ0) is 26.7. The third-order valence-corrected chi connectivity index (χ3v) is 7.56. The summed E-state index contributed by atoms with van der Waals surface area (Å²) < 4.78 is 63.2. The standard InChI is InChI=1S/C26H34F3N3O3S/c1-18(2)16-23(30)22-17-20(26(27,28)29)7-10-24(22)31-12-14-32(15-13-31)25(33)11-6-19-4-8-21(9-5-19)36(3,34)35/h4-5,7-10,17-18,23H,6,11-16,30H2,1-3H3/t23-/m0/s1. The molecule has 1 aliphatic heterocycles. The summed E-state index contributed by atoms with van der Waals surface area (Å²) in [6.45, 7) is 5.90. The third kappa shape index (κ3) is 7.22. The van der Waals surface area contributed by atoms with Crippen LogP contribution >= 0.6 is 0 Å². The molecular weight excluding hydrogens is 491 g/mol. The molecule has 198 valence electrons. The summed E-state index contributed by atoms with van der Waals surface area (Å²) in [4.78, 5) is 16.8. The summed E-state index contributed by atoms with van der Waals surface area (Å²) in [7, 11) is -3.26. The van der Waals surface area contributed by atoms with Crippen LogP contribution in [0.25, 0.3) is 0 Å². The number of alkyl halides is 3. The van der Waals surface area contributed by atoms with Crippen LogP contribution in [0.2, 0.25) is 0 Å². The van der Waals surface area contributed by atoms with Crippen molar-refractivity contribution < 1.29 is 26.4 Å². The van der Waals surface area contributed by atoms with Gasteiger partial charge in [-0.15, -0.1) is 0 Å². The maximum absolute atomic E-state index is 13.3. The van der Waals surface area contributed by atoms with Crippen LogP contribution < -0.4 is 10.6 Å². The summed E-state index contributed by atoms with van der Waals surface area (Å²) in [6.07, 6.45) is -1.94. The van der Waals surface area contributed by atoms with Gasteiger partial charge >= 0.3 is 6.18 Å². The Balaban J connectivity index is 1.64. The fourth-order valence-electron chi connectivity index (χ4n) is 4.46. The van der Waals surface area contributed by atoms with Crippen LogP contribution in [0.5, 0.6) is 0 Å². The smallest absolute Gasteiger partial charge is 0.368 e. The SMILES string of the molecule is CC(C)C[C@H](N)c1cc(C(F)(F)F)ccc1N1CCN(C(=O)CCc2ccc(S(C)(=O)=O)cc2)CC1. The fraction of sp³-hybridized carbons (Fsp3) is 0.500. The van der Waals surface area contributed by atoms with Crippen molar-refractivity contribution in [2.45, 2.75) is 50.2 Å². The number of sulfone groups is 1. The molecule has 0 aromatic heterocycles. The average molecular weight is 526 g/mol. The van der Waals surface area contributed by atoms with Gasteiger partial charge in [0.25, 0.3) is 0 Å². The molecule has 2 N–H and O–H groups in total. The Labute approximate surface area is 211 Å². The number of halogens is 3. The second kappa shape index (κ2) is 11.2. The van der Waals surface area contributed by atoms with Crippen molar-refractivity contribution in [3.05, 3.63) is 59.2 Å². The highest BCUT2D eigenvalue weighted by atomic mass is 32.2. The molecule has 0 unspecified atom stereocenters. The van der Waals surface area contributed by atoms with Crippen LogP contribution in [0.3, 0.4) is 0 Å². The van der Waals surface area contributed by atoms with Crippen LogP contribution in [0.15, 0.2) is 47.4 Å². The fourth-order valence-corrected chi connectivity index (χ4v) is 5.09. The number of nitrogens with two attached hydrogens (primary N) is 1. The molecule has 0 bridgehead atoms. The molecule has 0 aliphatic carbocycles. The molecule has 1 aliphatic rings. The molecule has 0 radical (unpaired) electrons. The van der Waals surface area contributed by atoms with E-state index in [1.54, 1.807) is 29.2 Å². The molecule has 36 heavy (non-hydrogen) atoms. The Morgan fingerprint density at radius 1 is 1.03 bits per heavy atom. The third-order valence-electron chi connectivity index (χ3n) is 6.43. The number of piperazine rings is 1. The summed E-state index contributed by atoms with van der Waals surface area (Å²) in [5.41, 5.74) is 7.67. The number of carbonyl (C=O) groups is 1. The second-order valence-electron chi connectivity index (χ2n) is 9.79. The molecular formula is C26H34F3N3O3S. The first-order chi connectivity index (χ1) is 16.8. The van der Waals surface area contributed by atoms with E-state index in [-0.39, 0.29) is 16.7 Å². The molecule has 1 amide bonds. The lowest BCUT2D eigenvalue weighted by Gasteiger charge is -2.38. The number of rotatable bonds is 8. The molecule has 2 aromatic rings. The van der Waals surface area contributed by atoms with Crippen molar-refractivity contribution in [2.24, 2.45) is 11.7 Å². The average Bonchev–Trinajstić information content (AvgIpc) is 2.81. The number of hydrogen-bond acceptors (Lipinski definition) is 5. The number of benzene rings is 2.